The highest BCUT2D eigenvalue weighted by Gasteiger charge is 2.18. The van der Waals surface area contributed by atoms with E-state index in [2.05, 4.69) is 20.5 Å². The van der Waals surface area contributed by atoms with Crippen LogP contribution in [0.4, 0.5) is 5.69 Å². The second-order valence-corrected chi connectivity index (χ2v) is 6.03. The first-order valence-corrected chi connectivity index (χ1v) is 7.28. The fourth-order valence-electron chi connectivity index (χ4n) is 1.82. The van der Waals surface area contributed by atoms with Gasteiger partial charge in [0.05, 0.1) is 5.25 Å². The molecule has 1 heterocycles. The molecule has 20 heavy (non-hydrogen) atoms. The fourth-order valence-corrected chi connectivity index (χ4v) is 2.59. The number of aryl methyl sites for hydroxylation is 3. The summed E-state index contributed by atoms with van der Waals surface area (Å²) in [7, 11) is 0. The van der Waals surface area contributed by atoms with Gasteiger partial charge in [-0.15, -0.1) is 5.10 Å². The lowest BCUT2D eigenvalue weighted by molar-refractivity contribution is -0.115. The number of amides is 1. The van der Waals surface area contributed by atoms with E-state index in [9.17, 15) is 4.79 Å². The lowest BCUT2D eigenvalue weighted by atomic mass is 10.1. The zero-order valence-electron chi connectivity index (χ0n) is 12.0. The minimum atomic E-state index is -0.260. The Morgan fingerprint density at radius 1 is 1.30 bits per heavy atom. The van der Waals surface area contributed by atoms with Gasteiger partial charge in [-0.1, -0.05) is 30.0 Å². The normalized spacial score (nSPS) is 12.2. The summed E-state index contributed by atoms with van der Waals surface area (Å²) in [5.41, 5.74) is 3.00. The maximum atomic E-state index is 12.2. The molecule has 0 fully saturated rings. The third-order valence-corrected chi connectivity index (χ3v) is 3.92. The van der Waals surface area contributed by atoms with Crippen molar-refractivity contribution in [3.8, 4) is 0 Å². The van der Waals surface area contributed by atoms with E-state index in [4.69, 9.17) is 0 Å². The van der Waals surface area contributed by atoms with Gasteiger partial charge in [-0.05, 0) is 38.8 Å². The Morgan fingerprint density at radius 3 is 2.50 bits per heavy atom. The average molecular weight is 290 g/mol. The van der Waals surface area contributed by atoms with Crippen LogP contribution in [0.25, 0.3) is 0 Å². The molecule has 1 aromatic carbocycles. The highest BCUT2D eigenvalue weighted by molar-refractivity contribution is 8.00. The number of rotatable bonds is 4. The lowest BCUT2D eigenvalue weighted by Gasteiger charge is -2.14. The Hall–Kier alpha value is -1.82. The molecule has 0 aliphatic rings. The third-order valence-electron chi connectivity index (χ3n) is 2.96. The van der Waals surface area contributed by atoms with Crippen LogP contribution in [0.3, 0.4) is 0 Å². The number of benzene rings is 1. The average Bonchev–Trinajstić information content (AvgIpc) is 2.79. The van der Waals surface area contributed by atoms with Gasteiger partial charge in [0, 0.05) is 5.69 Å². The molecule has 6 heteroatoms. The van der Waals surface area contributed by atoms with Gasteiger partial charge < -0.3 is 5.32 Å². The summed E-state index contributed by atoms with van der Waals surface area (Å²) in [6.07, 6.45) is 0. The first-order chi connectivity index (χ1) is 9.47. The molecule has 1 aromatic heterocycles. The molecule has 2 N–H and O–H groups in total. The number of anilines is 1. The predicted molar refractivity (Wildman–Crippen MR) is 81.0 cm³/mol. The van der Waals surface area contributed by atoms with Crippen LogP contribution in [0.5, 0.6) is 0 Å². The van der Waals surface area contributed by atoms with E-state index in [1.165, 1.54) is 11.8 Å². The Kier molecular flexibility index (Phi) is 4.44. The number of nitrogens with one attached hydrogen (secondary N) is 2. The molecule has 0 spiro atoms. The molecule has 0 bridgehead atoms. The molecule has 1 unspecified atom stereocenters. The van der Waals surface area contributed by atoms with Gasteiger partial charge in [0.25, 0.3) is 0 Å². The summed E-state index contributed by atoms with van der Waals surface area (Å²) in [6.45, 7) is 7.65. The number of carbonyl (C=O) groups excluding carboxylic acids is 1. The smallest absolute Gasteiger partial charge is 0.237 e. The van der Waals surface area contributed by atoms with Crippen molar-refractivity contribution >= 4 is 23.4 Å². The molecule has 2 aromatic rings. The molecule has 0 radical (unpaired) electrons. The molecule has 0 aliphatic carbocycles. The standard InChI is InChI=1S/C14H18N4OS/c1-8-6-5-7-9(2)12(8)16-13(19)10(3)20-14-15-11(4)17-18-14/h5-7,10H,1-4H3,(H,16,19)(H,15,17,18). The van der Waals surface area contributed by atoms with Gasteiger partial charge in [0.2, 0.25) is 11.1 Å². The number of thioether (sulfide) groups is 1. The number of para-hydroxylation sites is 1. The van der Waals surface area contributed by atoms with E-state index in [1.54, 1.807) is 0 Å². The zero-order valence-corrected chi connectivity index (χ0v) is 12.8. The van der Waals surface area contributed by atoms with E-state index < -0.39 is 0 Å². The Bertz CT molecular complexity index is 603. The van der Waals surface area contributed by atoms with E-state index >= 15 is 0 Å². The maximum absolute atomic E-state index is 12.2. The molecule has 1 amide bonds. The van der Waals surface area contributed by atoms with Crippen molar-refractivity contribution in [1.82, 2.24) is 15.2 Å². The zero-order chi connectivity index (χ0) is 14.7. The van der Waals surface area contributed by atoms with Crippen LogP contribution in [0.15, 0.2) is 23.4 Å². The third kappa shape index (κ3) is 3.39. The van der Waals surface area contributed by atoms with Gasteiger partial charge in [-0.2, -0.15) is 0 Å². The summed E-state index contributed by atoms with van der Waals surface area (Å²) in [6, 6.07) is 5.95. The van der Waals surface area contributed by atoms with Crippen molar-refractivity contribution in [3.05, 3.63) is 35.2 Å². The summed E-state index contributed by atoms with van der Waals surface area (Å²) in [5.74, 6) is 0.699. The molecule has 5 nitrogen and oxygen atoms in total. The van der Waals surface area contributed by atoms with E-state index in [0.29, 0.717) is 5.16 Å². The molecular formula is C14H18N4OS. The minimum Gasteiger partial charge on any atom is -0.325 e. The van der Waals surface area contributed by atoms with E-state index in [-0.39, 0.29) is 11.2 Å². The summed E-state index contributed by atoms with van der Waals surface area (Å²) < 4.78 is 0. The molecular weight excluding hydrogens is 272 g/mol. The SMILES string of the molecule is Cc1nc(SC(C)C(=O)Nc2c(C)cccc2C)n[nH]1. The van der Waals surface area contributed by atoms with Crippen LogP contribution < -0.4 is 5.32 Å². The van der Waals surface area contributed by atoms with Crippen LogP contribution in [0, 0.1) is 20.8 Å². The van der Waals surface area contributed by atoms with Crippen LogP contribution >= 0.6 is 11.8 Å². The largest absolute Gasteiger partial charge is 0.325 e. The highest BCUT2D eigenvalue weighted by atomic mass is 32.2. The van der Waals surface area contributed by atoms with Crippen LogP contribution in [0.2, 0.25) is 0 Å². The number of H-pyrrole nitrogens is 1. The fraction of sp³-hybridized carbons (Fsp3) is 0.357. The molecule has 0 aliphatic heterocycles. The van der Waals surface area contributed by atoms with Gasteiger partial charge in [-0.3, -0.25) is 9.89 Å². The minimum absolute atomic E-state index is 0.0464. The van der Waals surface area contributed by atoms with Crippen molar-refractivity contribution in [2.24, 2.45) is 0 Å². The van der Waals surface area contributed by atoms with Crippen molar-refractivity contribution in [2.75, 3.05) is 5.32 Å². The quantitative estimate of drug-likeness (QED) is 0.849. The Morgan fingerprint density at radius 2 is 1.95 bits per heavy atom. The van der Waals surface area contributed by atoms with Gasteiger partial charge in [0.15, 0.2) is 0 Å². The monoisotopic (exact) mass is 290 g/mol. The summed E-state index contributed by atoms with van der Waals surface area (Å²) in [4.78, 5) is 16.4. The predicted octanol–water partition coefficient (Wildman–Crippen LogP) is 2.85. The van der Waals surface area contributed by atoms with Crippen molar-refractivity contribution in [3.63, 3.8) is 0 Å². The second kappa shape index (κ2) is 6.09. The lowest BCUT2D eigenvalue weighted by Crippen LogP contribution is -2.23. The van der Waals surface area contributed by atoms with Gasteiger partial charge in [0.1, 0.15) is 5.82 Å². The Balaban J connectivity index is 2.04. The van der Waals surface area contributed by atoms with Crippen LogP contribution in [-0.4, -0.2) is 26.3 Å². The summed E-state index contributed by atoms with van der Waals surface area (Å²) >= 11 is 1.34. The highest BCUT2D eigenvalue weighted by Crippen LogP contribution is 2.23. The number of hydrogen-bond acceptors (Lipinski definition) is 4. The molecule has 1 atom stereocenters. The van der Waals surface area contributed by atoms with Crippen molar-refractivity contribution in [2.45, 2.75) is 38.1 Å². The maximum Gasteiger partial charge on any atom is 0.237 e. The van der Waals surface area contributed by atoms with Crippen molar-refractivity contribution < 1.29 is 4.79 Å². The number of nitrogens with zero attached hydrogens (tertiary/aromatic N) is 2. The molecule has 2 rings (SSSR count). The van der Waals surface area contributed by atoms with E-state index in [0.717, 1.165) is 22.6 Å². The molecule has 106 valence electrons. The Labute approximate surface area is 122 Å². The number of hydrogen-bond donors (Lipinski definition) is 2. The second-order valence-electron chi connectivity index (χ2n) is 4.72. The van der Waals surface area contributed by atoms with Crippen LogP contribution in [-0.2, 0) is 4.79 Å². The first-order valence-electron chi connectivity index (χ1n) is 6.40. The number of aromatic amines is 1. The van der Waals surface area contributed by atoms with Gasteiger partial charge in [-0.25, -0.2) is 4.98 Å². The topological polar surface area (TPSA) is 70.7 Å². The van der Waals surface area contributed by atoms with Gasteiger partial charge >= 0.3 is 0 Å². The summed E-state index contributed by atoms with van der Waals surface area (Å²) in [5, 5.41) is 10.1. The molecule has 0 saturated carbocycles. The number of carbonyl (C=O) groups is 1. The molecule has 0 saturated heterocycles. The van der Waals surface area contributed by atoms with Crippen molar-refractivity contribution in [1.29, 1.82) is 0 Å². The van der Waals surface area contributed by atoms with E-state index in [1.807, 2.05) is 45.9 Å². The number of aromatic nitrogens is 3. The first kappa shape index (κ1) is 14.6. The van der Waals surface area contributed by atoms with Crippen LogP contribution in [0.1, 0.15) is 23.9 Å².